The molecule has 1 atom stereocenters. The molecule has 1 N–H and O–H groups in total. The third kappa shape index (κ3) is 4.04. The maximum Gasteiger partial charge on any atom is 0.230 e. The van der Waals surface area contributed by atoms with Crippen LogP contribution in [0.2, 0.25) is 0 Å². The third-order valence-electron chi connectivity index (χ3n) is 4.38. The molecule has 0 bridgehead atoms. The fraction of sp³-hybridized carbons (Fsp3) is 0.875. The van der Waals surface area contributed by atoms with Crippen molar-refractivity contribution in [2.75, 3.05) is 13.1 Å². The molecule has 0 amide bonds. The number of piperidine rings is 1. The van der Waals surface area contributed by atoms with Crippen molar-refractivity contribution < 1.29 is 4.42 Å². The summed E-state index contributed by atoms with van der Waals surface area (Å²) < 4.78 is 5.86. The minimum Gasteiger partial charge on any atom is -0.423 e. The van der Waals surface area contributed by atoms with Crippen LogP contribution in [0.25, 0.3) is 0 Å². The van der Waals surface area contributed by atoms with Gasteiger partial charge in [-0.15, -0.1) is 10.2 Å². The second-order valence-corrected chi connectivity index (χ2v) is 7.56. The van der Waals surface area contributed by atoms with Gasteiger partial charge >= 0.3 is 0 Å². The molecule has 0 radical (unpaired) electrons. The molecule has 2 heterocycles. The molecule has 2 fully saturated rings. The Morgan fingerprint density at radius 1 is 1.19 bits per heavy atom. The molecule has 0 aromatic carbocycles. The zero-order valence-electron chi connectivity index (χ0n) is 13.6. The van der Waals surface area contributed by atoms with Gasteiger partial charge in [0.2, 0.25) is 11.8 Å². The van der Waals surface area contributed by atoms with E-state index >= 15 is 0 Å². The third-order valence-corrected chi connectivity index (χ3v) is 4.38. The molecule has 118 valence electrons. The zero-order chi connectivity index (χ0) is 14.9. The second kappa shape index (κ2) is 6.05. The van der Waals surface area contributed by atoms with Crippen molar-refractivity contribution in [3.63, 3.8) is 0 Å². The lowest BCUT2D eigenvalue weighted by Gasteiger charge is -2.29. The molecule has 1 saturated heterocycles. The molecule has 5 heteroatoms. The number of nitrogens with one attached hydrogen (secondary N) is 1. The van der Waals surface area contributed by atoms with E-state index in [0.717, 1.165) is 37.5 Å². The van der Waals surface area contributed by atoms with Crippen molar-refractivity contribution in [2.45, 2.75) is 76.9 Å². The van der Waals surface area contributed by atoms with Crippen LogP contribution in [0, 0.1) is 0 Å². The fourth-order valence-electron chi connectivity index (χ4n) is 2.94. The highest BCUT2D eigenvalue weighted by Gasteiger charge is 2.32. The van der Waals surface area contributed by atoms with Gasteiger partial charge in [-0.25, -0.2) is 0 Å². The van der Waals surface area contributed by atoms with E-state index in [4.69, 9.17) is 4.42 Å². The topological polar surface area (TPSA) is 54.2 Å². The smallest absolute Gasteiger partial charge is 0.230 e. The summed E-state index contributed by atoms with van der Waals surface area (Å²) >= 11 is 0. The van der Waals surface area contributed by atoms with Crippen LogP contribution in [0.1, 0.15) is 64.7 Å². The van der Waals surface area contributed by atoms with Gasteiger partial charge in [0.05, 0.1) is 6.54 Å². The summed E-state index contributed by atoms with van der Waals surface area (Å²) in [4.78, 5) is 2.53. The van der Waals surface area contributed by atoms with Gasteiger partial charge in [0.15, 0.2) is 0 Å². The lowest BCUT2D eigenvalue weighted by Crippen LogP contribution is -2.44. The van der Waals surface area contributed by atoms with Gasteiger partial charge in [0, 0.05) is 24.0 Å². The standard InChI is InChI=1S/C16H28N4O/c1-16(2,3)15-19-18-14(21-15)11-20(13-7-8-13)10-12-6-4-5-9-17-12/h12-13,17H,4-11H2,1-3H3. The van der Waals surface area contributed by atoms with E-state index in [0.29, 0.717) is 6.04 Å². The highest BCUT2D eigenvalue weighted by atomic mass is 16.4. The predicted molar refractivity (Wildman–Crippen MR) is 82.1 cm³/mol. The van der Waals surface area contributed by atoms with E-state index in [9.17, 15) is 0 Å². The van der Waals surface area contributed by atoms with Crippen LogP contribution in [0.15, 0.2) is 4.42 Å². The maximum absolute atomic E-state index is 5.86. The number of aromatic nitrogens is 2. The maximum atomic E-state index is 5.86. The second-order valence-electron chi connectivity index (χ2n) is 7.56. The molecular formula is C16H28N4O. The molecule has 0 spiro atoms. The first-order valence-electron chi connectivity index (χ1n) is 8.32. The van der Waals surface area contributed by atoms with E-state index in [2.05, 4.69) is 41.2 Å². The minimum atomic E-state index is -0.0689. The summed E-state index contributed by atoms with van der Waals surface area (Å²) in [5.41, 5.74) is -0.0689. The Labute approximate surface area is 127 Å². The molecule has 21 heavy (non-hydrogen) atoms. The Morgan fingerprint density at radius 2 is 2.00 bits per heavy atom. The molecule has 1 aliphatic carbocycles. The monoisotopic (exact) mass is 292 g/mol. The first-order chi connectivity index (χ1) is 10.0. The summed E-state index contributed by atoms with van der Waals surface area (Å²) in [5, 5.41) is 12.1. The lowest BCUT2D eigenvalue weighted by atomic mass is 9.97. The van der Waals surface area contributed by atoms with E-state index < -0.39 is 0 Å². The van der Waals surface area contributed by atoms with Crippen molar-refractivity contribution in [1.82, 2.24) is 20.4 Å². The summed E-state index contributed by atoms with van der Waals surface area (Å²) in [7, 11) is 0. The summed E-state index contributed by atoms with van der Waals surface area (Å²) in [6.45, 7) is 9.39. The average molecular weight is 292 g/mol. The molecule has 3 rings (SSSR count). The van der Waals surface area contributed by atoms with Crippen molar-refractivity contribution in [1.29, 1.82) is 0 Å². The normalized spacial score (nSPS) is 23.7. The van der Waals surface area contributed by atoms with Crippen molar-refractivity contribution in [3.8, 4) is 0 Å². The SMILES string of the molecule is CC(C)(C)c1nnc(CN(CC2CCCCN2)C2CC2)o1. The Kier molecular flexibility index (Phi) is 4.31. The largest absolute Gasteiger partial charge is 0.423 e. The molecule has 1 saturated carbocycles. The van der Waals surface area contributed by atoms with Crippen LogP contribution < -0.4 is 5.32 Å². The number of hydrogen-bond donors (Lipinski definition) is 1. The summed E-state index contributed by atoms with van der Waals surface area (Å²) in [6.07, 6.45) is 6.59. The zero-order valence-corrected chi connectivity index (χ0v) is 13.6. The molecular weight excluding hydrogens is 264 g/mol. The van der Waals surface area contributed by atoms with Crippen molar-refractivity contribution in [2.24, 2.45) is 0 Å². The molecule has 1 aliphatic heterocycles. The number of rotatable bonds is 5. The van der Waals surface area contributed by atoms with Crippen LogP contribution in [-0.2, 0) is 12.0 Å². The quantitative estimate of drug-likeness (QED) is 0.903. The van der Waals surface area contributed by atoms with E-state index in [1.807, 2.05) is 0 Å². The van der Waals surface area contributed by atoms with Crippen LogP contribution in [0.3, 0.4) is 0 Å². The molecule has 1 aromatic rings. The Balaban J connectivity index is 1.61. The van der Waals surface area contributed by atoms with Gasteiger partial charge in [0.1, 0.15) is 0 Å². The predicted octanol–water partition coefficient (Wildman–Crippen LogP) is 2.47. The average Bonchev–Trinajstić information content (AvgIpc) is 3.17. The van der Waals surface area contributed by atoms with Gasteiger partial charge in [-0.3, -0.25) is 4.90 Å². The van der Waals surface area contributed by atoms with Crippen LogP contribution in [-0.4, -0.2) is 40.3 Å². The fourth-order valence-corrected chi connectivity index (χ4v) is 2.94. The number of nitrogens with zero attached hydrogens (tertiary/aromatic N) is 3. The first-order valence-corrected chi connectivity index (χ1v) is 8.32. The Morgan fingerprint density at radius 3 is 2.57 bits per heavy atom. The van der Waals surface area contributed by atoms with Gasteiger partial charge in [-0.05, 0) is 32.2 Å². The van der Waals surface area contributed by atoms with Crippen LogP contribution in [0.4, 0.5) is 0 Å². The molecule has 5 nitrogen and oxygen atoms in total. The van der Waals surface area contributed by atoms with E-state index in [1.54, 1.807) is 0 Å². The minimum absolute atomic E-state index is 0.0689. The number of hydrogen-bond acceptors (Lipinski definition) is 5. The van der Waals surface area contributed by atoms with E-state index in [-0.39, 0.29) is 5.41 Å². The summed E-state index contributed by atoms with van der Waals surface area (Å²) in [5.74, 6) is 1.51. The molecule has 2 aliphatic rings. The van der Waals surface area contributed by atoms with Crippen LogP contribution >= 0.6 is 0 Å². The highest BCUT2D eigenvalue weighted by molar-refractivity contribution is 4.97. The Bertz CT molecular complexity index is 455. The van der Waals surface area contributed by atoms with Gasteiger partial charge in [-0.1, -0.05) is 27.2 Å². The Hall–Kier alpha value is -0.940. The van der Waals surface area contributed by atoms with E-state index in [1.165, 1.54) is 32.1 Å². The van der Waals surface area contributed by atoms with Crippen molar-refractivity contribution in [3.05, 3.63) is 11.8 Å². The van der Waals surface area contributed by atoms with Gasteiger partial charge in [0.25, 0.3) is 0 Å². The first kappa shape index (κ1) is 15.0. The lowest BCUT2D eigenvalue weighted by molar-refractivity contribution is 0.188. The molecule has 1 unspecified atom stereocenters. The molecule has 1 aromatic heterocycles. The summed E-state index contributed by atoms with van der Waals surface area (Å²) in [6, 6.07) is 1.35. The van der Waals surface area contributed by atoms with Gasteiger partial charge in [-0.2, -0.15) is 0 Å². The van der Waals surface area contributed by atoms with Gasteiger partial charge < -0.3 is 9.73 Å². The van der Waals surface area contributed by atoms with Crippen molar-refractivity contribution >= 4 is 0 Å². The highest BCUT2D eigenvalue weighted by Crippen LogP contribution is 2.29. The van der Waals surface area contributed by atoms with Crippen LogP contribution in [0.5, 0.6) is 0 Å².